The third kappa shape index (κ3) is 3.81. The minimum absolute atomic E-state index is 0.351. The first kappa shape index (κ1) is 21.8. The van der Waals surface area contributed by atoms with Crippen LogP contribution in [0, 0.1) is 0 Å². The Balaban J connectivity index is 1.29. The van der Waals surface area contributed by atoms with Gasteiger partial charge in [0.1, 0.15) is 25.3 Å². The zero-order valence-electron chi connectivity index (χ0n) is 19.0. The van der Waals surface area contributed by atoms with Gasteiger partial charge in [-0.1, -0.05) is 42.5 Å². The molecule has 34 heavy (non-hydrogen) atoms. The summed E-state index contributed by atoms with van der Waals surface area (Å²) in [4.78, 5) is 39.6. The molecule has 2 aliphatic rings. The van der Waals surface area contributed by atoms with Crippen molar-refractivity contribution < 1.29 is 23.9 Å². The summed E-state index contributed by atoms with van der Waals surface area (Å²) in [6.07, 6.45) is 0. The molecular weight excluding hydrogens is 434 g/mol. The van der Waals surface area contributed by atoms with Crippen LogP contribution in [-0.4, -0.2) is 42.5 Å². The summed E-state index contributed by atoms with van der Waals surface area (Å²) >= 11 is 0. The molecule has 2 atom stereocenters. The molecule has 0 bridgehead atoms. The molecule has 1 fully saturated rings. The lowest BCUT2D eigenvalue weighted by molar-refractivity contribution is -0.135. The quantitative estimate of drug-likeness (QED) is 0.571. The van der Waals surface area contributed by atoms with Gasteiger partial charge in [-0.3, -0.25) is 14.5 Å². The van der Waals surface area contributed by atoms with Gasteiger partial charge in [0.05, 0.1) is 6.04 Å². The maximum absolute atomic E-state index is 13.3. The van der Waals surface area contributed by atoms with Crippen LogP contribution in [0.2, 0.25) is 0 Å². The van der Waals surface area contributed by atoms with E-state index in [4.69, 9.17) is 9.47 Å². The smallest absolute Gasteiger partial charge is 0.325 e. The van der Waals surface area contributed by atoms with Gasteiger partial charge < -0.3 is 20.1 Å². The number of nitrogens with zero attached hydrogens (tertiary/aromatic N) is 1. The molecule has 0 aliphatic carbocycles. The highest BCUT2D eigenvalue weighted by Gasteiger charge is 2.49. The van der Waals surface area contributed by atoms with E-state index in [2.05, 4.69) is 10.6 Å². The van der Waals surface area contributed by atoms with Crippen molar-refractivity contribution >= 4 is 28.6 Å². The number of hydrogen-bond acceptors (Lipinski definition) is 5. The Morgan fingerprint density at radius 3 is 2.56 bits per heavy atom. The van der Waals surface area contributed by atoms with Gasteiger partial charge in [-0.2, -0.15) is 0 Å². The van der Waals surface area contributed by atoms with Gasteiger partial charge >= 0.3 is 6.03 Å². The molecule has 0 saturated carbocycles. The molecule has 5 rings (SSSR count). The summed E-state index contributed by atoms with van der Waals surface area (Å²) in [6.45, 7) is 4.09. The summed E-state index contributed by atoms with van der Waals surface area (Å²) in [5.41, 5.74) is 0.246. The van der Waals surface area contributed by atoms with Crippen LogP contribution in [0.25, 0.3) is 10.8 Å². The highest BCUT2D eigenvalue weighted by Crippen LogP contribution is 2.33. The van der Waals surface area contributed by atoms with E-state index in [9.17, 15) is 14.4 Å². The first-order chi connectivity index (χ1) is 16.3. The fourth-order valence-electron chi connectivity index (χ4n) is 4.38. The summed E-state index contributed by atoms with van der Waals surface area (Å²) in [7, 11) is 0. The monoisotopic (exact) mass is 459 g/mol. The second-order valence-corrected chi connectivity index (χ2v) is 8.70. The van der Waals surface area contributed by atoms with E-state index in [-0.39, 0.29) is 12.6 Å². The predicted molar refractivity (Wildman–Crippen MR) is 126 cm³/mol. The van der Waals surface area contributed by atoms with Crippen molar-refractivity contribution in [2.75, 3.05) is 19.8 Å². The molecule has 8 nitrogen and oxygen atoms in total. The van der Waals surface area contributed by atoms with Crippen molar-refractivity contribution in [2.45, 2.75) is 25.4 Å². The van der Waals surface area contributed by atoms with Crippen LogP contribution < -0.4 is 20.1 Å². The molecule has 0 spiro atoms. The lowest BCUT2D eigenvalue weighted by Crippen LogP contribution is -2.43. The average Bonchev–Trinajstić information content (AvgIpc) is 3.07. The SMILES string of the molecule is C[C@H](NC(=O)CN1C(=O)N[C@@](C)(c2ccc3ccccc3c2)C1=O)c1ccc2c(c1)OCCO2. The molecule has 0 aromatic heterocycles. The Labute approximate surface area is 196 Å². The van der Waals surface area contributed by atoms with Gasteiger partial charge in [0.2, 0.25) is 5.91 Å². The number of fused-ring (bicyclic) bond motifs is 2. The summed E-state index contributed by atoms with van der Waals surface area (Å²) in [5, 5.41) is 7.62. The molecule has 4 amide bonds. The van der Waals surface area contributed by atoms with E-state index < -0.39 is 23.4 Å². The number of nitrogens with one attached hydrogen (secondary N) is 2. The van der Waals surface area contributed by atoms with Gasteiger partial charge in [0, 0.05) is 0 Å². The average molecular weight is 460 g/mol. The first-order valence-corrected chi connectivity index (χ1v) is 11.2. The number of carbonyl (C=O) groups excluding carboxylic acids is 3. The van der Waals surface area contributed by atoms with Crippen LogP contribution >= 0.6 is 0 Å². The van der Waals surface area contributed by atoms with E-state index in [0.717, 1.165) is 21.2 Å². The van der Waals surface area contributed by atoms with Crippen molar-refractivity contribution in [3.8, 4) is 11.5 Å². The van der Waals surface area contributed by atoms with Crippen LogP contribution in [0.1, 0.15) is 31.0 Å². The second kappa shape index (κ2) is 8.37. The van der Waals surface area contributed by atoms with Gasteiger partial charge in [0.15, 0.2) is 11.5 Å². The number of benzene rings is 3. The summed E-state index contributed by atoms with van der Waals surface area (Å²) in [5.74, 6) is 0.398. The number of amides is 4. The van der Waals surface area contributed by atoms with Crippen molar-refractivity contribution in [3.63, 3.8) is 0 Å². The minimum atomic E-state index is -1.25. The van der Waals surface area contributed by atoms with Crippen LogP contribution in [0.3, 0.4) is 0 Å². The molecule has 2 aliphatic heterocycles. The van der Waals surface area contributed by atoms with E-state index in [0.29, 0.717) is 30.3 Å². The Kier molecular flexibility index (Phi) is 5.36. The van der Waals surface area contributed by atoms with E-state index in [1.807, 2.05) is 61.5 Å². The summed E-state index contributed by atoms with van der Waals surface area (Å²) in [6, 6.07) is 18.0. The normalized spacial score (nSPS) is 20.2. The van der Waals surface area contributed by atoms with Crippen molar-refractivity contribution in [1.29, 1.82) is 0 Å². The lowest BCUT2D eigenvalue weighted by atomic mass is 9.90. The zero-order valence-corrected chi connectivity index (χ0v) is 19.0. The van der Waals surface area contributed by atoms with Gasteiger partial charge in [0.25, 0.3) is 5.91 Å². The van der Waals surface area contributed by atoms with Gasteiger partial charge in [-0.25, -0.2) is 4.79 Å². The fraction of sp³-hybridized carbons (Fsp3) is 0.269. The predicted octanol–water partition coefficient (Wildman–Crippen LogP) is 3.26. The Morgan fingerprint density at radius 2 is 1.76 bits per heavy atom. The largest absolute Gasteiger partial charge is 0.486 e. The highest BCUT2D eigenvalue weighted by atomic mass is 16.6. The third-order valence-electron chi connectivity index (χ3n) is 6.35. The molecule has 1 saturated heterocycles. The molecule has 174 valence electrons. The molecule has 3 aromatic rings. The fourth-order valence-corrected chi connectivity index (χ4v) is 4.38. The highest BCUT2D eigenvalue weighted by molar-refractivity contribution is 6.09. The molecule has 2 heterocycles. The van der Waals surface area contributed by atoms with Gasteiger partial charge in [-0.05, 0) is 53.9 Å². The Morgan fingerprint density at radius 1 is 1.03 bits per heavy atom. The van der Waals surface area contributed by atoms with Crippen LogP contribution in [-0.2, 0) is 15.1 Å². The lowest BCUT2D eigenvalue weighted by Gasteiger charge is -2.23. The molecule has 0 unspecified atom stereocenters. The minimum Gasteiger partial charge on any atom is -0.486 e. The topological polar surface area (TPSA) is 97.0 Å². The molecule has 3 aromatic carbocycles. The molecule has 8 heteroatoms. The second-order valence-electron chi connectivity index (χ2n) is 8.70. The number of hydrogen-bond donors (Lipinski definition) is 2. The van der Waals surface area contributed by atoms with Crippen LogP contribution in [0.15, 0.2) is 60.7 Å². The standard InChI is InChI=1S/C26H25N3O5/c1-16(18-8-10-21-22(14-18)34-12-11-33-21)27-23(30)15-29-24(31)26(2,28-25(29)32)20-9-7-17-5-3-4-6-19(17)13-20/h3-10,13-14,16H,11-12,15H2,1-2H3,(H,27,30)(H,28,32)/t16-,26-/m0/s1. The van der Waals surface area contributed by atoms with Crippen LogP contribution in [0.4, 0.5) is 4.79 Å². The number of ether oxygens (including phenoxy) is 2. The summed E-state index contributed by atoms with van der Waals surface area (Å²) < 4.78 is 11.1. The maximum Gasteiger partial charge on any atom is 0.325 e. The Hall–Kier alpha value is -4.07. The molecule has 2 N–H and O–H groups in total. The molecule has 0 radical (unpaired) electrons. The first-order valence-electron chi connectivity index (χ1n) is 11.2. The van der Waals surface area contributed by atoms with Crippen LogP contribution in [0.5, 0.6) is 11.5 Å². The van der Waals surface area contributed by atoms with Crippen molar-refractivity contribution in [2.24, 2.45) is 0 Å². The maximum atomic E-state index is 13.3. The van der Waals surface area contributed by atoms with E-state index in [1.54, 1.807) is 13.0 Å². The van der Waals surface area contributed by atoms with E-state index >= 15 is 0 Å². The number of imide groups is 1. The zero-order chi connectivity index (χ0) is 23.9. The molecular formula is C26H25N3O5. The van der Waals surface area contributed by atoms with E-state index in [1.165, 1.54) is 0 Å². The number of rotatable bonds is 5. The van der Waals surface area contributed by atoms with Gasteiger partial charge in [-0.15, -0.1) is 0 Å². The third-order valence-corrected chi connectivity index (χ3v) is 6.35. The number of urea groups is 1. The Bertz CT molecular complexity index is 1310. The van der Waals surface area contributed by atoms with Crippen molar-refractivity contribution in [1.82, 2.24) is 15.5 Å². The van der Waals surface area contributed by atoms with Crippen molar-refractivity contribution in [3.05, 3.63) is 71.8 Å². The number of carbonyl (C=O) groups is 3.